The fraction of sp³-hybridized carbons (Fsp3) is 0.680. The van der Waals surface area contributed by atoms with E-state index in [1.165, 1.54) is 0 Å². The third kappa shape index (κ3) is 7.74. The Balaban J connectivity index is 2.16. The van der Waals surface area contributed by atoms with Crippen LogP contribution in [0.25, 0.3) is 0 Å². The maximum absolute atomic E-state index is 13.0. The van der Waals surface area contributed by atoms with Crippen molar-refractivity contribution >= 4 is 20.5 Å². The van der Waals surface area contributed by atoms with E-state index in [9.17, 15) is 9.59 Å². The number of rotatable bonds is 5. The average Bonchev–Trinajstić information content (AvgIpc) is 2.70. The van der Waals surface area contributed by atoms with Gasteiger partial charge in [-0.15, -0.1) is 0 Å². The minimum atomic E-state index is -2.09. The summed E-state index contributed by atoms with van der Waals surface area (Å²) in [5.41, 5.74) is 0.334. The molecule has 0 radical (unpaired) electrons. The van der Waals surface area contributed by atoms with Crippen molar-refractivity contribution in [2.45, 2.75) is 91.0 Å². The van der Waals surface area contributed by atoms with E-state index in [-0.39, 0.29) is 36.0 Å². The number of benzene rings is 1. The Kier molecular flexibility index (Phi) is 8.62. The largest absolute Gasteiger partial charge is 0.445 e. The highest BCUT2D eigenvalue weighted by atomic mass is 28.4. The van der Waals surface area contributed by atoms with Crippen molar-refractivity contribution < 1.29 is 23.5 Å². The number of ether oxygens (including phenoxy) is 2. The first-order chi connectivity index (χ1) is 15.1. The van der Waals surface area contributed by atoms with E-state index in [0.29, 0.717) is 19.6 Å². The average molecular weight is 479 g/mol. The fourth-order valence-electron chi connectivity index (χ4n) is 3.46. The van der Waals surface area contributed by atoms with Crippen molar-refractivity contribution in [1.82, 2.24) is 9.80 Å². The van der Waals surface area contributed by atoms with Crippen molar-refractivity contribution in [2.24, 2.45) is 0 Å². The summed E-state index contributed by atoms with van der Waals surface area (Å²) < 4.78 is 17.8. The molecule has 8 heteroatoms. The molecule has 0 N–H and O–H groups in total. The smallest absolute Gasteiger partial charge is 0.410 e. The van der Waals surface area contributed by atoms with Crippen molar-refractivity contribution in [3.8, 4) is 0 Å². The van der Waals surface area contributed by atoms with Gasteiger partial charge in [0.05, 0.1) is 12.1 Å². The van der Waals surface area contributed by atoms with Crippen molar-refractivity contribution in [3.63, 3.8) is 0 Å². The van der Waals surface area contributed by atoms with Crippen LogP contribution in [0.1, 0.15) is 54.0 Å². The van der Waals surface area contributed by atoms with Gasteiger partial charge in [0.2, 0.25) is 0 Å². The van der Waals surface area contributed by atoms with Gasteiger partial charge in [-0.25, -0.2) is 9.59 Å². The minimum absolute atomic E-state index is 0.0287. The van der Waals surface area contributed by atoms with Gasteiger partial charge in [0, 0.05) is 19.6 Å². The predicted molar refractivity (Wildman–Crippen MR) is 133 cm³/mol. The number of piperazine rings is 1. The number of nitrogens with zero attached hydrogens (tertiary/aromatic N) is 2. The van der Waals surface area contributed by atoms with Gasteiger partial charge in [-0.05, 0) is 51.4 Å². The predicted octanol–water partition coefficient (Wildman–Crippen LogP) is 5.65. The number of carbonyl (C=O) groups excluding carboxylic acids is 2. The summed E-state index contributed by atoms with van der Waals surface area (Å²) in [5, 5.41) is 0.0287. The van der Waals surface area contributed by atoms with E-state index in [2.05, 4.69) is 33.9 Å². The van der Waals surface area contributed by atoms with Crippen LogP contribution in [-0.4, -0.2) is 67.7 Å². The van der Waals surface area contributed by atoms with Gasteiger partial charge >= 0.3 is 12.2 Å². The molecular formula is C25H42N2O5Si. The summed E-state index contributed by atoms with van der Waals surface area (Å²) in [6, 6.07) is 9.27. The number of amides is 2. The van der Waals surface area contributed by atoms with E-state index in [4.69, 9.17) is 13.9 Å². The molecular weight excluding hydrogens is 436 g/mol. The Labute approximate surface area is 200 Å². The lowest BCUT2D eigenvalue weighted by atomic mass is 10.1. The summed E-state index contributed by atoms with van der Waals surface area (Å²) in [6.45, 7) is 19.8. The molecule has 1 aliphatic rings. The second-order valence-electron chi connectivity index (χ2n) is 11.3. The van der Waals surface area contributed by atoms with Crippen LogP contribution in [-0.2, 0) is 20.5 Å². The Morgan fingerprint density at radius 1 is 1.03 bits per heavy atom. The normalized spacial score (nSPS) is 18.6. The van der Waals surface area contributed by atoms with Crippen LogP contribution in [0.2, 0.25) is 18.1 Å². The molecule has 2 rings (SSSR count). The number of carbonyl (C=O) groups is 2. The van der Waals surface area contributed by atoms with Crippen LogP contribution in [0.3, 0.4) is 0 Å². The highest BCUT2D eigenvalue weighted by Crippen LogP contribution is 2.38. The van der Waals surface area contributed by atoms with Crippen LogP contribution in [0.15, 0.2) is 30.3 Å². The van der Waals surface area contributed by atoms with Gasteiger partial charge in [0.25, 0.3) is 0 Å². The van der Waals surface area contributed by atoms with Crippen molar-refractivity contribution in [1.29, 1.82) is 0 Å². The molecule has 1 heterocycles. The maximum Gasteiger partial charge on any atom is 0.410 e. The third-order valence-corrected chi connectivity index (χ3v) is 10.9. The molecule has 0 aromatic heterocycles. The zero-order chi connectivity index (χ0) is 25.0. The van der Waals surface area contributed by atoms with E-state index in [0.717, 1.165) is 5.56 Å². The van der Waals surface area contributed by atoms with Gasteiger partial charge in [0.15, 0.2) is 8.32 Å². The molecule has 2 amide bonds. The molecule has 33 heavy (non-hydrogen) atoms. The molecule has 1 saturated heterocycles. The van der Waals surface area contributed by atoms with Gasteiger partial charge in [-0.3, -0.25) is 4.90 Å². The summed E-state index contributed by atoms with van der Waals surface area (Å²) in [5.74, 6) is 0. The van der Waals surface area contributed by atoms with Crippen molar-refractivity contribution in [3.05, 3.63) is 35.9 Å². The monoisotopic (exact) mass is 478 g/mol. The van der Waals surface area contributed by atoms with Gasteiger partial charge in [0.1, 0.15) is 12.2 Å². The molecule has 1 aromatic carbocycles. The summed E-state index contributed by atoms with van der Waals surface area (Å²) >= 11 is 0. The first kappa shape index (κ1) is 27.2. The zero-order valence-corrected chi connectivity index (χ0v) is 22.8. The number of hydrogen-bond acceptors (Lipinski definition) is 5. The molecule has 0 saturated carbocycles. The standard InChI is InChI=1S/C25H42N2O5Si/c1-19(32-33(8,9)25(5,6)7)21-17-26(15-16-27(21)23(29)31-24(2,3)4)22(28)30-18-20-13-11-10-12-14-20/h10-14,19,21H,15-18H2,1-9H3/t19-,21?/m0/s1. The molecule has 1 aliphatic heterocycles. The molecule has 0 aliphatic carbocycles. The van der Waals surface area contributed by atoms with E-state index < -0.39 is 13.9 Å². The quantitative estimate of drug-likeness (QED) is 0.511. The Bertz CT molecular complexity index is 801. The highest BCUT2D eigenvalue weighted by Gasteiger charge is 2.44. The van der Waals surface area contributed by atoms with E-state index in [1.54, 1.807) is 9.80 Å². The summed E-state index contributed by atoms with van der Waals surface area (Å²) in [4.78, 5) is 29.2. The Morgan fingerprint density at radius 2 is 1.64 bits per heavy atom. The van der Waals surface area contributed by atoms with Crippen LogP contribution in [0.5, 0.6) is 0 Å². The van der Waals surface area contributed by atoms with Gasteiger partial charge < -0.3 is 18.8 Å². The molecule has 0 spiro atoms. The fourth-order valence-corrected chi connectivity index (χ4v) is 4.90. The molecule has 7 nitrogen and oxygen atoms in total. The lowest BCUT2D eigenvalue weighted by Crippen LogP contribution is -2.62. The van der Waals surface area contributed by atoms with Crippen LogP contribution < -0.4 is 0 Å². The number of hydrogen-bond donors (Lipinski definition) is 0. The highest BCUT2D eigenvalue weighted by molar-refractivity contribution is 6.74. The SMILES string of the molecule is C[C@H](O[Si](C)(C)C(C)(C)C)C1CN(C(=O)OCc2ccccc2)CCN1C(=O)OC(C)(C)C. The Morgan fingerprint density at radius 3 is 2.18 bits per heavy atom. The summed E-state index contributed by atoms with van der Waals surface area (Å²) in [7, 11) is -2.09. The maximum atomic E-state index is 13.0. The topological polar surface area (TPSA) is 68.3 Å². The van der Waals surface area contributed by atoms with Crippen LogP contribution in [0, 0.1) is 0 Å². The van der Waals surface area contributed by atoms with Gasteiger partial charge in [-0.1, -0.05) is 51.1 Å². The second-order valence-corrected chi connectivity index (χ2v) is 16.1. The van der Waals surface area contributed by atoms with E-state index in [1.807, 2.05) is 58.0 Å². The molecule has 1 unspecified atom stereocenters. The van der Waals surface area contributed by atoms with Gasteiger partial charge in [-0.2, -0.15) is 0 Å². The Hall–Kier alpha value is -2.06. The van der Waals surface area contributed by atoms with Crippen LogP contribution in [0.4, 0.5) is 9.59 Å². The van der Waals surface area contributed by atoms with E-state index >= 15 is 0 Å². The molecule has 186 valence electrons. The molecule has 1 aromatic rings. The first-order valence-corrected chi connectivity index (χ1v) is 14.6. The minimum Gasteiger partial charge on any atom is -0.445 e. The molecule has 0 bridgehead atoms. The molecule has 1 fully saturated rings. The third-order valence-electron chi connectivity index (χ3n) is 6.34. The zero-order valence-electron chi connectivity index (χ0n) is 21.8. The molecule has 2 atom stereocenters. The summed E-state index contributed by atoms with van der Waals surface area (Å²) in [6.07, 6.45) is -1.02. The van der Waals surface area contributed by atoms with Crippen LogP contribution >= 0.6 is 0 Å². The lowest BCUT2D eigenvalue weighted by Gasteiger charge is -2.46. The second kappa shape index (κ2) is 10.5. The van der Waals surface area contributed by atoms with Crippen molar-refractivity contribution in [2.75, 3.05) is 19.6 Å². The first-order valence-electron chi connectivity index (χ1n) is 11.7. The lowest BCUT2D eigenvalue weighted by molar-refractivity contribution is -0.0257.